The van der Waals surface area contributed by atoms with Crippen molar-refractivity contribution in [1.82, 2.24) is 0 Å². The fourth-order valence-corrected chi connectivity index (χ4v) is 2.82. The van der Waals surface area contributed by atoms with Crippen LogP contribution >= 0.6 is 11.6 Å². The Kier molecular flexibility index (Phi) is 3.28. The Balaban J connectivity index is 1.82. The van der Waals surface area contributed by atoms with Gasteiger partial charge in [0.25, 0.3) is 0 Å². The highest BCUT2D eigenvalue weighted by molar-refractivity contribution is 6.31. The fraction of sp³-hybridized carbons (Fsp3) is 0.400. The lowest BCUT2D eigenvalue weighted by molar-refractivity contribution is -0.0426. The molecule has 0 saturated heterocycles. The summed E-state index contributed by atoms with van der Waals surface area (Å²) in [7, 11) is 0. The maximum absolute atomic E-state index is 13.1. The molecular formula is C15H13ClF2O2. The average molecular weight is 299 g/mol. The first kappa shape index (κ1) is 13.6. The molecule has 1 aromatic carbocycles. The van der Waals surface area contributed by atoms with Crippen molar-refractivity contribution < 1.29 is 18.0 Å². The van der Waals surface area contributed by atoms with E-state index in [1.807, 2.05) is 0 Å². The molecule has 1 aliphatic carbocycles. The van der Waals surface area contributed by atoms with Gasteiger partial charge in [0.2, 0.25) is 11.7 Å². The van der Waals surface area contributed by atoms with Crippen LogP contribution in [0.2, 0.25) is 5.02 Å². The summed E-state index contributed by atoms with van der Waals surface area (Å²) in [6.07, 6.45) is -0.0296. The number of hydrogen-bond donors (Lipinski definition) is 0. The number of Topliss-reactive ketones (excluding diaryl/α,β-unsaturated/α-hetero) is 1. The minimum Gasteiger partial charge on any atom is -0.453 e. The molecule has 5 heteroatoms. The second-order valence-electron chi connectivity index (χ2n) is 5.29. The van der Waals surface area contributed by atoms with Gasteiger partial charge in [-0.15, -0.1) is 0 Å². The van der Waals surface area contributed by atoms with Crippen molar-refractivity contribution in [3.8, 4) is 0 Å². The summed E-state index contributed by atoms with van der Waals surface area (Å²) in [5.41, 5.74) is 0.582. The quantitative estimate of drug-likeness (QED) is 0.722. The van der Waals surface area contributed by atoms with Crippen molar-refractivity contribution in [2.24, 2.45) is 5.92 Å². The summed E-state index contributed by atoms with van der Waals surface area (Å²) in [5.74, 6) is -2.95. The number of furan rings is 1. The lowest BCUT2D eigenvalue weighted by Crippen LogP contribution is -2.28. The molecule has 0 spiro atoms. The van der Waals surface area contributed by atoms with Gasteiger partial charge < -0.3 is 4.42 Å². The molecule has 0 unspecified atom stereocenters. The predicted octanol–water partition coefficient (Wildman–Crippen LogP) is 5.09. The Morgan fingerprint density at radius 3 is 2.65 bits per heavy atom. The summed E-state index contributed by atoms with van der Waals surface area (Å²) < 4.78 is 31.7. The topological polar surface area (TPSA) is 30.2 Å². The molecule has 0 bridgehead atoms. The Hall–Kier alpha value is -1.42. The van der Waals surface area contributed by atoms with Gasteiger partial charge in [-0.2, -0.15) is 0 Å². The van der Waals surface area contributed by atoms with Crippen LogP contribution in [0.1, 0.15) is 36.2 Å². The second-order valence-corrected chi connectivity index (χ2v) is 5.72. The second kappa shape index (κ2) is 4.85. The highest BCUT2D eigenvalue weighted by atomic mass is 35.5. The van der Waals surface area contributed by atoms with Crippen molar-refractivity contribution in [1.29, 1.82) is 0 Å². The number of alkyl halides is 2. The fourth-order valence-electron chi connectivity index (χ4n) is 2.64. The third-order valence-electron chi connectivity index (χ3n) is 3.81. The van der Waals surface area contributed by atoms with Gasteiger partial charge in [-0.3, -0.25) is 4.79 Å². The van der Waals surface area contributed by atoms with E-state index in [9.17, 15) is 13.6 Å². The molecule has 2 nitrogen and oxygen atoms in total. The monoisotopic (exact) mass is 298 g/mol. The van der Waals surface area contributed by atoms with Gasteiger partial charge >= 0.3 is 0 Å². The van der Waals surface area contributed by atoms with E-state index in [1.54, 1.807) is 24.3 Å². The first-order chi connectivity index (χ1) is 9.44. The van der Waals surface area contributed by atoms with Gasteiger partial charge in [-0.1, -0.05) is 11.6 Å². The molecule has 0 amide bonds. The van der Waals surface area contributed by atoms with Crippen LogP contribution in [0.3, 0.4) is 0 Å². The molecule has 1 aromatic heterocycles. The summed E-state index contributed by atoms with van der Waals surface area (Å²) in [6.45, 7) is 0. The van der Waals surface area contributed by atoms with Gasteiger partial charge in [0.1, 0.15) is 5.58 Å². The van der Waals surface area contributed by atoms with Crippen LogP contribution in [0.4, 0.5) is 8.78 Å². The maximum atomic E-state index is 13.1. The summed E-state index contributed by atoms with van der Waals surface area (Å²) in [5, 5.41) is 1.32. The first-order valence-corrected chi connectivity index (χ1v) is 6.93. The van der Waals surface area contributed by atoms with E-state index in [0.717, 1.165) is 5.39 Å². The minimum atomic E-state index is -2.63. The minimum absolute atomic E-state index is 0.187. The third-order valence-corrected chi connectivity index (χ3v) is 4.04. The number of carbonyl (C=O) groups excluding carboxylic acids is 1. The summed E-state index contributed by atoms with van der Waals surface area (Å²) in [4.78, 5) is 12.3. The Morgan fingerprint density at radius 1 is 1.25 bits per heavy atom. The predicted molar refractivity (Wildman–Crippen MR) is 72.5 cm³/mol. The van der Waals surface area contributed by atoms with Crippen molar-refractivity contribution in [2.75, 3.05) is 0 Å². The normalized spacial score (nSPS) is 19.4. The zero-order valence-corrected chi connectivity index (χ0v) is 11.4. The molecule has 1 saturated carbocycles. The Labute approximate surface area is 119 Å². The van der Waals surface area contributed by atoms with Crippen LogP contribution in [-0.2, 0) is 0 Å². The van der Waals surface area contributed by atoms with Crippen molar-refractivity contribution in [3.05, 3.63) is 35.0 Å². The number of fused-ring (bicyclic) bond motifs is 1. The van der Waals surface area contributed by atoms with Crippen LogP contribution in [0, 0.1) is 5.92 Å². The summed E-state index contributed by atoms with van der Waals surface area (Å²) >= 11 is 5.88. The molecule has 0 atom stereocenters. The smallest absolute Gasteiger partial charge is 0.248 e. The van der Waals surface area contributed by atoms with E-state index in [1.165, 1.54) is 0 Å². The van der Waals surface area contributed by atoms with Crippen LogP contribution in [0.15, 0.2) is 28.7 Å². The third kappa shape index (κ3) is 2.57. The zero-order chi connectivity index (χ0) is 14.3. The molecular weight excluding hydrogens is 286 g/mol. The highest BCUT2D eigenvalue weighted by Crippen LogP contribution is 2.38. The van der Waals surface area contributed by atoms with Crippen LogP contribution in [0.25, 0.3) is 11.0 Å². The molecule has 0 N–H and O–H groups in total. The van der Waals surface area contributed by atoms with Gasteiger partial charge in [0.05, 0.1) is 0 Å². The van der Waals surface area contributed by atoms with E-state index in [-0.39, 0.29) is 43.1 Å². The molecule has 20 heavy (non-hydrogen) atoms. The molecule has 3 rings (SSSR count). The number of hydrogen-bond acceptors (Lipinski definition) is 2. The average Bonchev–Trinajstić information content (AvgIpc) is 2.80. The lowest BCUT2D eigenvalue weighted by Gasteiger charge is -2.26. The molecule has 0 aliphatic heterocycles. The molecule has 2 aromatic rings. The Bertz CT molecular complexity index is 653. The molecule has 1 aliphatic rings. The van der Waals surface area contributed by atoms with Crippen molar-refractivity contribution in [2.45, 2.75) is 31.6 Å². The van der Waals surface area contributed by atoms with Crippen LogP contribution < -0.4 is 0 Å². The number of rotatable bonds is 2. The highest BCUT2D eigenvalue weighted by Gasteiger charge is 2.38. The van der Waals surface area contributed by atoms with E-state index in [2.05, 4.69) is 0 Å². The van der Waals surface area contributed by atoms with Gasteiger partial charge in [-0.25, -0.2) is 8.78 Å². The van der Waals surface area contributed by atoms with E-state index >= 15 is 0 Å². The van der Waals surface area contributed by atoms with E-state index in [4.69, 9.17) is 16.0 Å². The van der Waals surface area contributed by atoms with Gasteiger partial charge in [0, 0.05) is 29.2 Å². The van der Waals surface area contributed by atoms with Crippen molar-refractivity contribution >= 4 is 28.4 Å². The Morgan fingerprint density at radius 2 is 1.95 bits per heavy atom. The largest absolute Gasteiger partial charge is 0.453 e. The first-order valence-electron chi connectivity index (χ1n) is 6.56. The molecule has 0 radical (unpaired) electrons. The standard InChI is InChI=1S/C15H13ClF2O2/c16-11-1-2-12-10(7-11)8-13(20-12)14(19)9-3-5-15(17,18)6-4-9/h1-2,7-9H,3-6H2. The van der Waals surface area contributed by atoms with Crippen molar-refractivity contribution in [3.63, 3.8) is 0 Å². The number of benzene rings is 1. The molecule has 1 heterocycles. The van der Waals surface area contributed by atoms with E-state index in [0.29, 0.717) is 10.6 Å². The van der Waals surface area contributed by atoms with E-state index < -0.39 is 5.92 Å². The molecule has 1 fully saturated rings. The molecule has 106 valence electrons. The van der Waals surface area contributed by atoms with Gasteiger partial charge in [-0.05, 0) is 37.1 Å². The zero-order valence-electron chi connectivity index (χ0n) is 10.7. The summed E-state index contributed by atoms with van der Waals surface area (Å²) in [6, 6.07) is 6.73. The number of ketones is 1. The van der Waals surface area contributed by atoms with Crippen LogP contribution in [0.5, 0.6) is 0 Å². The SMILES string of the molecule is O=C(c1cc2cc(Cl)ccc2o1)C1CCC(F)(F)CC1. The number of carbonyl (C=O) groups is 1. The number of halogens is 3. The van der Waals surface area contributed by atoms with Gasteiger partial charge in [0.15, 0.2) is 5.76 Å². The van der Waals surface area contributed by atoms with Crippen LogP contribution in [-0.4, -0.2) is 11.7 Å². The lowest BCUT2D eigenvalue weighted by atomic mass is 9.83. The maximum Gasteiger partial charge on any atom is 0.248 e.